The normalized spacial score (nSPS) is 19.8. The second kappa shape index (κ2) is 6.84. The molecule has 0 saturated heterocycles. The Labute approximate surface area is 157 Å². The highest BCUT2D eigenvalue weighted by atomic mass is 32.2. The molecule has 166 valence electrons. The van der Waals surface area contributed by atoms with Crippen LogP contribution in [0.4, 0.5) is 57.1 Å². The van der Waals surface area contributed by atoms with E-state index < -0.39 is 56.7 Å². The first-order valence-electron chi connectivity index (χ1n) is 7.58. The van der Waals surface area contributed by atoms with Crippen molar-refractivity contribution in [3.8, 4) is 0 Å². The van der Waals surface area contributed by atoms with Crippen LogP contribution >= 0.6 is 0 Å². The third-order valence-electron chi connectivity index (χ3n) is 4.25. The smallest absolute Gasteiger partial charge is 0.192 e. The second-order valence-electron chi connectivity index (χ2n) is 6.12. The molecule has 0 saturated carbocycles. The Morgan fingerprint density at radius 1 is 0.621 bits per heavy atom. The Balaban J connectivity index is 2.58. The van der Waals surface area contributed by atoms with Crippen LogP contribution in [0.15, 0.2) is 29.2 Å². The van der Waals surface area contributed by atoms with Gasteiger partial charge in [0.2, 0.25) is 0 Å². The van der Waals surface area contributed by atoms with Gasteiger partial charge >= 0.3 is 35.1 Å². The Kier molecular flexibility index (Phi) is 5.65. The van der Waals surface area contributed by atoms with Crippen LogP contribution < -0.4 is 0 Å². The van der Waals surface area contributed by atoms with Gasteiger partial charge in [-0.25, -0.2) is 0 Å². The van der Waals surface area contributed by atoms with E-state index >= 15 is 0 Å². The largest absolute Gasteiger partial charge is 0.485 e. The number of hydrogen-bond acceptors (Lipinski definition) is 0. The monoisotopic (exact) mass is 469 g/mol. The molecular weight excluding hydrogens is 459 g/mol. The molecule has 0 spiro atoms. The van der Waals surface area contributed by atoms with Crippen molar-refractivity contribution in [2.45, 2.75) is 52.9 Å². The molecule has 0 bridgehead atoms. The average molecular weight is 469 g/mol. The molecule has 1 aliphatic heterocycles. The summed E-state index contributed by atoms with van der Waals surface area (Å²) < 4.78 is 173. The van der Waals surface area contributed by atoms with Crippen molar-refractivity contribution in [3.05, 3.63) is 29.8 Å². The van der Waals surface area contributed by atoms with Crippen molar-refractivity contribution in [2.24, 2.45) is 0 Å². The number of benzene rings is 1. The lowest BCUT2D eigenvalue weighted by molar-refractivity contribution is -0.433. The standard InChI is InChI=1S/C15H10F13S/c16-10(17,12(20,21)14(24,25)26)11(18,19)13(22,23)15(27,28)29-7-3-5-8-4-1-2-6-9(8)29/h1-2,4,6H,3,5,7H2/q+1. The predicted molar refractivity (Wildman–Crippen MR) is 76.1 cm³/mol. The van der Waals surface area contributed by atoms with Crippen molar-refractivity contribution in [1.82, 2.24) is 0 Å². The fraction of sp³-hybridized carbons (Fsp3) is 0.600. The SMILES string of the molecule is FC(F)(F)C(F)(F)C(F)(F)C(F)(F)C(F)(F)C(F)(F)[S+]1CCCc2ccccc21. The lowest BCUT2D eigenvalue weighted by atomic mass is 9.98. The van der Waals surface area contributed by atoms with Crippen LogP contribution in [0.2, 0.25) is 0 Å². The van der Waals surface area contributed by atoms with Gasteiger partial charge in [0.05, 0.1) is 0 Å². The highest BCUT2D eigenvalue weighted by molar-refractivity contribution is 7.98. The number of aryl methyl sites for hydroxylation is 1. The van der Waals surface area contributed by atoms with E-state index in [1.165, 1.54) is 12.1 Å². The summed E-state index contributed by atoms with van der Waals surface area (Å²) in [6.07, 6.45) is -7.57. The average Bonchev–Trinajstić information content (AvgIpc) is 2.59. The minimum absolute atomic E-state index is 0.0215. The fourth-order valence-corrected chi connectivity index (χ4v) is 5.00. The maximum atomic E-state index is 14.4. The molecule has 2 rings (SSSR count). The van der Waals surface area contributed by atoms with Gasteiger partial charge < -0.3 is 0 Å². The molecule has 1 aromatic rings. The number of fused-ring (bicyclic) bond motifs is 1. The zero-order chi connectivity index (χ0) is 22.7. The number of alkyl halides is 13. The molecule has 0 N–H and O–H groups in total. The molecule has 0 fully saturated rings. The van der Waals surface area contributed by atoms with Gasteiger partial charge in [0.25, 0.3) is 0 Å². The van der Waals surface area contributed by atoms with Gasteiger partial charge in [0.15, 0.2) is 4.90 Å². The summed E-state index contributed by atoms with van der Waals surface area (Å²) in [5, 5.41) is -6.04. The number of rotatable bonds is 5. The molecule has 1 unspecified atom stereocenters. The minimum Gasteiger partial charge on any atom is -0.192 e. The van der Waals surface area contributed by atoms with E-state index in [0.717, 1.165) is 12.1 Å². The molecular formula is C15H10F13S+. The first-order chi connectivity index (χ1) is 12.8. The van der Waals surface area contributed by atoms with E-state index in [2.05, 4.69) is 0 Å². The molecule has 1 atom stereocenters. The summed E-state index contributed by atoms with van der Waals surface area (Å²) in [6.45, 7) is 0. The first-order valence-corrected chi connectivity index (χ1v) is 8.98. The van der Waals surface area contributed by atoms with E-state index in [1.807, 2.05) is 0 Å². The number of halogens is 13. The third-order valence-corrected chi connectivity index (χ3v) is 6.75. The Bertz CT molecular complexity index is 753. The molecule has 1 aliphatic rings. The first kappa shape index (κ1) is 23.9. The van der Waals surface area contributed by atoms with E-state index in [1.54, 1.807) is 0 Å². The summed E-state index contributed by atoms with van der Waals surface area (Å²) in [5.41, 5.74) is 0.0215. The minimum atomic E-state index is -7.86. The molecule has 0 nitrogen and oxygen atoms in total. The van der Waals surface area contributed by atoms with E-state index in [9.17, 15) is 57.1 Å². The summed E-state index contributed by atoms with van der Waals surface area (Å²) >= 11 is 0. The van der Waals surface area contributed by atoms with Crippen LogP contribution in [-0.4, -0.2) is 40.9 Å². The Hall–Kier alpha value is -1.34. The highest BCUT2D eigenvalue weighted by Crippen LogP contribution is 2.62. The maximum Gasteiger partial charge on any atom is 0.485 e. The van der Waals surface area contributed by atoms with Crippen molar-refractivity contribution >= 4 is 10.9 Å². The van der Waals surface area contributed by atoms with Crippen LogP contribution in [0.25, 0.3) is 0 Å². The number of hydrogen-bond donors (Lipinski definition) is 0. The Morgan fingerprint density at radius 3 is 1.62 bits per heavy atom. The molecule has 0 aromatic heterocycles. The van der Waals surface area contributed by atoms with Gasteiger partial charge in [-0.05, 0) is 18.9 Å². The van der Waals surface area contributed by atoms with Crippen molar-refractivity contribution < 1.29 is 57.1 Å². The predicted octanol–water partition coefficient (Wildman–Crippen LogP) is 6.31. The van der Waals surface area contributed by atoms with Gasteiger partial charge in [-0.15, -0.1) is 8.78 Å². The third kappa shape index (κ3) is 3.25. The summed E-state index contributed by atoms with van der Waals surface area (Å²) in [6, 6.07) is 4.41. The lowest BCUT2D eigenvalue weighted by Crippen LogP contribution is -2.71. The zero-order valence-electron chi connectivity index (χ0n) is 13.8. The van der Waals surface area contributed by atoms with Crippen LogP contribution in [0.3, 0.4) is 0 Å². The molecule has 14 heteroatoms. The van der Waals surface area contributed by atoms with Gasteiger partial charge in [-0.2, -0.15) is 48.3 Å². The summed E-state index contributed by atoms with van der Waals surface area (Å²) in [5.74, 6) is -31.4. The second-order valence-corrected chi connectivity index (χ2v) is 8.26. The van der Waals surface area contributed by atoms with Gasteiger partial charge in [0, 0.05) is 5.56 Å². The van der Waals surface area contributed by atoms with Crippen LogP contribution in [0, 0.1) is 0 Å². The lowest BCUT2D eigenvalue weighted by Gasteiger charge is -2.39. The topological polar surface area (TPSA) is 0 Å². The van der Waals surface area contributed by atoms with Crippen molar-refractivity contribution in [1.29, 1.82) is 0 Å². The van der Waals surface area contributed by atoms with Gasteiger partial charge in [0.1, 0.15) is 16.6 Å². The molecule has 29 heavy (non-hydrogen) atoms. The van der Waals surface area contributed by atoms with Gasteiger partial charge in [-0.1, -0.05) is 18.2 Å². The van der Waals surface area contributed by atoms with E-state index in [-0.39, 0.29) is 18.4 Å². The zero-order valence-corrected chi connectivity index (χ0v) is 14.6. The summed E-state index contributed by atoms with van der Waals surface area (Å²) in [4.78, 5) is -0.579. The van der Waals surface area contributed by atoms with E-state index in [0.29, 0.717) is 0 Å². The van der Waals surface area contributed by atoms with Crippen molar-refractivity contribution in [3.63, 3.8) is 0 Å². The summed E-state index contributed by atoms with van der Waals surface area (Å²) in [7, 11) is -3.15. The quantitative estimate of drug-likeness (QED) is 0.351. The molecule has 0 aliphatic carbocycles. The van der Waals surface area contributed by atoms with E-state index in [4.69, 9.17) is 0 Å². The van der Waals surface area contributed by atoms with Crippen LogP contribution in [0.5, 0.6) is 0 Å². The fourth-order valence-electron chi connectivity index (χ4n) is 2.64. The highest BCUT2D eigenvalue weighted by Gasteiger charge is 2.93. The maximum absolute atomic E-state index is 14.4. The van der Waals surface area contributed by atoms with Gasteiger partial charge in [-0.3, -0.25) is 0 Å². The van der Waals surface area contributed by atoms with Crippen molar-refractivity contribution in [2.75, 3.05) is 5.75 Å². The molecule has 1 aromatic carbocycles. The van der Waals surface area contributed by atoms with Crippen LogP contribution in [0.1, 0.15) is 12.0 Å². The molecule has 1 heterocycles. The molecule has 0 radical (unpaired) electrons. The Morgan fingerprint density at radius 2 is 1.10 bits per heavy atom. The van der Waals surface area contributed by atoms with Crippen LogP contribution in [-0.2, 0) is 17.3 Å². The molecule has 0 amide bonds.